The summed E-state index contributed by atoms with van der Waals surface area (Å²) in [5.41, 5.74) is 4.19. The molecule has 0 unspecified atom stereocenters. The molecule has 0 amide bonds. The first-order chi connectivity index (χ1) is 8.10. The van der Waals surface area contributed by atoms with Crippen LogP contribution >= 0.6 is 0 Å². The molecule has 3 nitrogen and oxygen atoms in total. The topological polar surface area (TPSA) is 28.3 Å². The summed E-state index contributed by atoms with van der Waals surface area (Å²) in [6.07, 6.45) is 0. The molecule has 1 aromatic rings. The van der Waals surface area contributed by atoms with Gasteiger partial charge in [0.2, 0.25) is 0 Å². The minimum absolute atomic E-state index is 0.801. The fourth-order valence-electron chi connectivity index (χ4n) is 1.59. The highest BCUT2D eigenvalue weighted by atomic mass is 15.0. The molecule has 0 atom stereocenters. The van der Waals surface area contributed by atoms with Gasteiger partial charge in [-0.15, -0.1) is 0 Å². The maximum absolute atomic E-state index is 4.65. The normalized spacial score (nSPS) is 13.6. The van der Waals surface area contributed by atoms with E-state index in [0.717, 1.165) is 30.2 Å². The predicted molar refractivity (Wildman–Crippen MR) is 73.5 cm³/mol. The van der Waals surface area contributed by atoms with Gasteiger partial charge >= 0.3 is 0 Å². The fourth-order valence-corrected chi connectivity index (χ4v) is 1.59. The van der Waals surface area contributed by atoms with Crippen molar-refractivity contribution >= 4 is 11.4 Å². The van der Waals surface area contributed by atoms with Crippen LogP contribution in [-0.4, -0.2) is 41.1 Å². The Morgan fingerprint density at radius 2 is 1.88 bits per heavy atom. The van der Waals surface area contributed by atoms with Crippen molar-refractivity contribution in [2.45, 2.75) is 27.7 Å². The molecule has 0 aromatic carbocycles. The van der Waals surface area contributed by atoms with Crippen molar-refractivity contribution in [3.8, 4) is 0 Å². The highest BCUT2D eigenvalue weighted by Crippen LogP contribution is 2.03. The Morgan fingerprint density at radius 1 is 1.24 bits per heavy atom. The Labute approximate surface area is 104 Å². The predicted octanol–water partition coefficient (Wildman–Crippen LogP) is 2.38. The molecule has 0 radical (unpaired) electrons. The van der Waals surface area contributed by atoms with Crippen LogP contribution in [0.15, 0.2) is 23.2 Å². The standard InChI is InChI=1S/C14H22N3/c1-6-15-11(3)13-9-8-10-14(16-13)12(4)17(5)7-2/h8-10H,6-7H2,1-5H3/q+1. The lowest BCUT2D eigenvalue weighted by atomic mass is 10.2. The van der Waals surface area contributed by atoms with E-state index in [4.69, 9.17) is 0 Å². The summed E-state index contributed by atoms with van der Waals surface area (Å²) in [6.45, 7) is 10.1. The van der Waals surface area contributed by atoms with Gasteiger partial charge in [-0.1, -0.05) is 6.07 Å². The maximum atomic E-state index is 4.65. The van der Waals surface area contributed by atoms with Gasteiger partial charge in [-0.2, -0.15) is 0 Å². The molecule has 0 saturated carbocycles. The zero-order valence-electron chi connectivity index (χ0n) is 11.5. The molecular weight excluding hydrogens is 210 g/mol. The smallest absolute Gasteiger partial charge is 0.198 e. The second-order valence-electron chi connectivity index (χ2n) is 4.07. The molecule has 0 aliphatic rings. The molecule has 0 fully saturated rings. The molecule has 0 spiro atoms. The van der Waals surface area contributed by atoms with Gasteiger partial charge in [0.25, 0.3) is 0 Å². The minimum Gasteiger partial charge on any atom is -0.288 e. The van der Waals surface area contributed by atoms with E-state index in [2.05, 4.69) is 35.4 Å². The van der Waals surface area contributed by atoms with E-state index in [1.165, 1.54) is 5.71 Å². The summed E-state index contributed by atoms with van der Waals surface area (Å²) in [7, 11) is 2.08. The molecular formula is C14H22N3+. The van der Waals surface area contributed by atoms with Crippen LogP contribution in [0.3, 0.4) is 0 Å². The van der Waals surface area contributed by atoms with Gasteiger partial charge in [-0.05, 0) is 32.9 Å². The Morgan fingerprint density at radius 3 is 2.47 bits per heavy atom. The second kappa shape index (κ2) is 6.28. The van der Waals surface area contributed by atoms with Crippen molar-refractivity contribution < 1.29 is 4.58 Å². The van der Waals surface area contributed by atoms with Crippen LogP contribution in [-0.2, 0) is 0 Å². The summed E-state index contributed by atoms with van der Waals surface area (Å²) < 4.78 is 2.19. The van der Waals surface area contributed by atoms with Gasteiger partial charge < -0.3 is 0 Å². The zero-order chi connectivity index (χ0) is 12.8. The van der Waals surface area contributed by atoms with Gasteiger partial charge in [0, 0.05) is 13.5 Å². The Kier molecular flexibility index (Phi) is 5.01. The first-order valence-corrected chi connectivity index (χ1v) is 6.13. The molecule has 0 saturated heterocycles. The van der Waals surface area contributed by atoms with Crippen molar-refractivity contribution in [3.05, 3.63) is 29.6 Å². The molecule has 1 rings (SSSR count). The first kappa shape index (κ1) is 13.6. The highest BCUT2D eigenvalue weighted by Gasteiger charge is 2.09. The van der Waals surface area contributed by atoms with Crippen LogP contribution in [0.25, 0.3) is 0 Å². The summed E-state index contributed by atoms with van der Waals surface area (Å²) in [4.78, 5) is 9.04. The van der Waals surface area contributed by atoms with Crippen LogP contribution in [0.4, 0.5) is 0 Å². The maximum Gasteiger partial charge on any atom is 0.198 e. The average Bonchev–Trinajstić information content (AvgIpc) is 2.37. The number of hydrogen-bond donors (Lipinski definition) is 0. The van der Waals surface area contributed by atoms with Crippen molar-refractivity contribution in [2.75, 3.05) is 20.1 Å². The largest absolute Gasteiger partial charge is 0.288 e. The zero-order valence-corrected chi connectivity index (χ0v) is 11.5. The van der Waals surface area contributed by atoms with E-state index in [9.17, 15) is 0 Å². The average molecular weight is 232 g/mol. The second-order valence-corrected chi connectivity index (χ2v) is 4.07. The Bertz CT molecular complexity index is 445. The molecule has 1 aromatic heterocycles. The van der Waals surface area contributed by atoms with E-state index < -0.39 is 0 Å². The van der Waals surface area contributed by atoms with E-state index in [1.807, 2.05) is 32.0 Å². The third-order valence-corrected chi connectivity index (χ3v) is 2.93. The molecule has 0 aliphatic carbocycles. The summed E-state index contributed by atoms with van der Waals surface area (Å²) in [5, 5.41) is 0. The Balaban J connectivity index is 3.14. The van der Waals surface area contributed by atoms with E-state index >= 15 is 0 Å². The van der Waals surface area contributed by atoms with E-state index in [-0.39, 0.29) is 0 Å². The van der Waals surface area contributed by atoms with Crippen molar-refractivity contribution in [1.82, 2.24) is 4.98 Å². The third-order valence-electron chi connectivity index (χ3n) is 2.93. The quantitative estimate of drug-likeness (QED) is 0.578. The number of pyridine rings is 1. The summed E-state index contributed by atoms with van der Waals surface area (Å²) in [5.74, 6) is 0. The van der Waals surface area contributed by atoms with Gasteiger partial charge in [0.1, 0.15) is 19.3 Å². The van der Waals surface area contributed by atoms with Crippen LogP contribution in [0, 0.1) is 0 Å². The fraction of sp³-hybridized carbons (Fsp3) is 0.500. The molecule has 0 bridgehead atoms. The molecule has 1 heterocycles. The third kappa shape index (κ3) is 3.48. The molecule has 17 heavy (non-hydrogen) atoms. The summed E-state index contributed by atoms with van der Waals surface area (Å²) >= 11 is 0. The van der Waals surface area contributed by atoms with Gasteiger partial charge in [0.05, 0.1) is 11.4 Å². The number of hydrogen-bond acceptors (Lipinski definition) is 2. The summed E-state index contributed by atoms with van der Waals surface area (Å²) in [6, 6.07) is 6.10. The van der Waals surface area contributed by atoms with E-state index in [0.29, 0.717) is 0 Å². The van der Waals surface area contributed by atoms with Crippen LogP contribution in [0.5, 0.6) is 0 Å². The Hall–Kier alpha value is -1.51. The van der Waals surface area contributed by atoms with Gasteiger partial charge in [-0.3, -0.25) is 4.99 Å². The number of nitrogens with zero attached hydrogens (tertiary/aromatic N) is 3. The minimum atomic E-state index is 0.801. The molecule has 92 valence electrons. The van der Waals surface area contributed by atoms with Gasteiger partial charge in [-0.25, -0.2) is 9.56 Å². The SMILES string of the molecule is CCN=C(C)c1cccc(C(C)=[N+](C)CC)n1. The molecule has 3 heteroatoms. The van der Waals surface area contributed by atoms with E-state index in [1.54, 1.807) is 0 Å². The van der Waals surface area contributed by atoms with Crippen LogP contribution < -0.4 is 0 Å². The van der Waals surface area contributed by atoms with Crippen molar-refractivity contribution in [2.24, 2.45) is 4.99 Å². The first-order valence-electron chi connectivity index (χ1n) is 6.13. The number of aromatic nitrogens is 1. The van der Waals surface area contributed by atoms with Crippen LogP contribution in [0.2, 0.25) is 0 Å². The monoisotopic (exact) mass is 232 g/mol. The molecule has 0 aliphatic heterocycles. The van der Waals surface area contributed by atoms with Gasteiger partial charge in [0.15, 0.2) is 5.71 Å². The van der Waals surface area contributed by atoms with Crippen LogP contribution in [0.1, 0.15) is 39.1 Å². The lowest BCUT2D eigenvalue weighted by Gasteiger charge is -2.03. The lowest BCUT2D eigenvalue weighted by Crippen LogP contribution is -2.17. The number of aliphatic imine (C=N–C) groups is 1. The molecule has 0 N–H and O–H groups in total. The van der Waals surface area contributed by atoms with Crippen molar-refractivity contribution in [3.63, 3.8) is 0 Å². The number of rotatable bonds is 4. The highest BCUT2D eigenvalue weighted by molar-refractivity contribution is 5.99. The van der Waals surface area contributed by atoms with Crippen molar-refractivity contribution in [1.29, 1.82) is 0 Å². The lowest BCUT2D eigenvalue weighted by molar-refractivity contribution is -0.493.